The molecule has 4 aromatic rings. The normalized spacial score (nSPS) is 15.3. The summed E-state index contributed by atoms with van der Waals surface area (Å²) >= 11 is 6.37. The summed E-state index contributed by atoms with van der Waals surface area (Å²) < 4.78 is 0. The van der Waals surface area contributed by atoms with Crippen molar-refractivity contribution in [2.75, 3.05) is 0 Å². The van der Waals surface area contributed by atoms with E-state index in [1.54, 1.807) is 53.4 Å². The van der Waals surface area contributed by atoms with Crippen LogP contribution in [0.15, 0.2) is 72.8 Å². The molecule has 3 aromatic carbocycles. The third-order valence-corrected chi connectivity index (χ3v) is 5.90. The third-order valence-electron chi connectivity index (χ3n) is 5.53. The molecule has 0 spiro atoms. The zero-order chi connectivity index (χ0) is 21.5. The first-order valence-corrected chi connectivity index (χ1v) is 10.1. The van der Waals surface area contributed by atoms with Gasteiger partial charge in [0.05, 0.1) is 6.04 Å². The lowest BCUT2D eigenvalue weighted by molar-refractivity contribution is 0.0730. The van der Waals surface area contributed by atoms with E-state index >= 15 is 0 Å². The van der Waals surface area contributed by atoms with E-state index in [-0.39, 0.29) is 17.4 Å². The summed E-state index contributed by atoms with van der Waals surface area (Å²) in [6.45, 7) is 0.298. The highest BCUT2D eigenvalue weighted by Gasteiger charge is 2.42. The lowest BCUT2D eigenvalue weighted by Gasteiger charge is -2.27. The number of aromatic amines is 1. The lowest BCUT2D eigenvalue weighted by atomic mass is 9.95. The van der Waals surface area contributed by atoms with Crippen molar-refractivity contribution in [3.05, 3.63) is 100 Å². The molecule has 6 nitrogen and oxygen atoms in total. The number of fused-ring (bicyclic) bond motifs is 1. The van der Waals surface area contributed by atoms with Gasteiger partial charge in [-0.25, -0.2) is 0 Å². The van der Waals surface area contributed by atoms with Crippen LogP contribution in [0.3, 0.4) is 0 Å². The van der Waals surface area contributed by atoms with Gasteiger partial charge in [0.1, 0.15) is 22.9 Å². The molecule has 1 aliphatic heterocycles. The number of aromatic hydroxyl groups is 2. The molecule has 1 aromatic heterocycles. The Morgan fingerprint density at radius 2 is 1.68 bits per heavy atom. The minimum absolute atomic E-state index is 0.0817. The lowest BCUT2D eigenvalue weighted by Crippen LogP contribution is -2.29. The number of halogens is 1. The first kappa shape index (κ1) is 19.2. The fourth-order valence-corrected chi connectivity index (χ4v) is 4.25. The molecule has 0 fully saturated rings. The fourth-order valence-electron chi connectivity index (χ4n) is 4.05. The van der Waals surface area contributed by atoms with E-state index in [2.05, 4.69) is 10.2 Å². The molecule has 0 saturated heterocycles. The number of hydrogen-bond donors (Lipinski definition) is 3. The second kappa shape index (κ2) is 7.49. The highest BCUT2D eigenvalue weighted by atomic mass is 35.5. The Kier molecular flexibility index (Phi) is 4.64. The molecule has 2 heterocycles. The second-order valence-corrected chi connectivity index (χ2v) is 7.80. The van der Waals surface area contributed by atoms with Crippen LogP contribution < -0.4 is 0 Å². The van der Waals surface area contributed by atoms with Gasteiger partial charge in [-0.2, -0.15) is 5.10 Å². The van der Waals surface area contributed by atoms with Crippen LogP contribution in [0.1, 0.15) is 33.2 Å². The molecule has 0 saturated carbocycles. The Balaban J connectivity index is 1.67. The highest BCUT2D eigenvalue weighted by Crippen LogP contribution is 2.45. The number of carbonyl (C=O) groups excluding carboxylic acids is 1. The largest absolute Gasteiger partial charge is 0.508 e. The molecule has 31 heavy (non-hydrogen) atoms. The van der Waals surface area contributed by atoms with Crippen LogP contribution >= 0.6 is 11.6 Å². The van der Waals surface area contributed by atoms with Gasteiger partial charge in [0.25, 0.3) is 5.91 Å². The number of rotatable bonds is 4. The minimum atomic E-state index is -0.465. The smallest absolute Gasteiger partial charge is 0.273 e. The number of amides is 1. The predicted molar refractivity (Wildman–Crippen MR) is 117 cm³/mol. The minimum Gasteiger partial charge on any atom is -0.508 e. The number of hydrogen-bond acceptors (Lipinski definition) is 4. The van der Waals surface area contributed by atoms with E-state index in [0.717, 1.165) is 11.1 Å². The molecule has 1 atom stereocenters. The van der Waals surface area contributed by atoms with E-state index < -0.39 is 6.04 Å². The molecule has 0 aliphatic carbocycles. The van der Waals surface area contributed by atoms with Crippen molar-refractivity contribution in [3.63, 3.8) is 0 Å². The van der Waals surface area contributed by atoms with E-state index in [1.807, 2.05) is 24.3 Å². The van der Waals surface area contributed by atoms with E-state index in [0.29, 0.717) is 34.1 Å². The van der Waals surface area contributed by atoms with Gasteiger partial charge < -0.3 is 15.1 Å². The van der Waals surface area contributed by atoms with Crippen LogP contribution in [0.5, 0.6) is 11.5 Å². The Hall–Kier alpha value is -3.77. The molecule has 154 valence electrons. The van der Waals surface area contributed by atoms with Crippen molar-refractivity contribution in [2.45, 2.75) is 12.6 Å². The van der Waals surface area contributed by atoms with Crippen LogP contribution in [-0.4, -0.2) is 31.2 Å². The monoisotopic (exact) mass is 431 g/mol. The second-order valence-electron chi connectivity index (χ2n) is 7.40. The van der Waals surface area contributed by atoms with Gasteiger partial charge in [-0.3, -0.25) is 9.89 Å². The predicted octanol–water partition coefficient (Wildman–Crippen LogP) is 4.89. The van der Waals surface area contributed by atoms with Crippen molar-refractivity contribution in [3.8, 4) is 22.8 Å². The summed E-state index contributed by atoms with van der Waals surface area (Å²) in [4.78, 5) is 15.1. The van der Waals surface area contributed by atoms with Crippen LogP contribution in [0, 0.1) is 0 Å². The molecule has 1 unspecified atom stereocenters. The number of aromatic nitrogens is 2. The van der Waals surface area contributed by atoms with Gasteiger partial charge in [0.15, 0.2) is 0 Å². The number of nitrogens with one attached hydrogen (secondary N) is 1. The number of para-hydroxylation sites is 1. The van der Waals surface area contributed by atoms with Crippen molar-refractivity contribution in [1.82, 2.24) is 15.1 Å². The maximum Gasteiger partial charge on any atom is 0.273 e. The highest BCUT2D eigenvalue weighted by molar-refractivity contribution is 6.31. The van der Waals surface area contributed by atoms with E-state index in [4.69, 9.17) is 11.6 Å². The first-order chi connectivity index (χ1) is 15.0. The van der Waals surface area contributed by atoms with Gasteiger partial charge in [-0.1, -0.05) is 54.1 Å². The molecule has 1 aliphatic rings. The quantitative estimate of drug-likeness (QED) is 0.429. The van der Waals surface area contributed by atoms with Crippen LogP contribution in [0.25, 0.3) is 11.3 Å². The van der Waals surface area contributed by atoms with Gasteiger partial charge in [0, 0.05) is 22.7 Å². The van der Waals surface area contributed by atoms with Gasteiger partial charge >= 0.3 is 0 Å². The van der Waals surface area contributed by atoms with Crippen molar-refractivity contribution in [1.29, 1.82) is 0 Å². The molecule has 0 radical (unpaired) electrons. The zero-order valence-electron chi connectivity index (χ0n) is 16.3. The summed E-state index contributed by atoms with van der Waals surface area (Å²) in [5.41, 5.74) is 3.75. The van der Waals surface area contributed by atoms with Crippen molar-refractivity contribution < 1.29 is 15.0 Å². The molecule has 5 rings (SSSR count). The number of phenols is 2. The molecular formula is C24H18ClN3O3. The summed E-state index contributed by atoms with van der Waals surface area (Å²) in [7, 11) is 0. The summed E-state index contributed by atoms with van der Waals surface area (Å²) in [6, 6.07) is 20.6. The van der Waals surface area contributed by atoms with Crippen LogP contribution in [0.2, 0.25) is 5.02 Å². The maximum absolute atomic E-state index is 13.4. The van der Waals surface area contributed by atoms with Crippen molar-refractivity contribution >= 4 is 17.5 Å². The van der Waals surface area contributed by atoms with Crippen LogP contribution in [0.4, 0.5) is 0 Å². The maximum atomic E-state index is 13.4. The Morgan fingerprint density at radius 3 is 2.42 bits per heavy atom. The number of benzene rings is 3. The molecule has 1 amide bonds. The Morgan fingerprint density at radius 1 is 0.968 bits per heavy atom. The average Bonchev–Trinajstić information content (AvgIpc) is 3.30. The van der Waals surface area contributed by atoms with Gasteiger partial charge in [0.2, 0.25) is 0 Å². The van der Waals surface area contributed by atoms with E-state index in [1.165, 1.54) is 0 Å². The first-order valence-electron chi connectivity index (χ1n) is 9.74. The third kappa shape index (κ3) is 3.21. The number of H-pyrrole nitrogens is 1. The van der Waals surface area contributed by atoms with E-state index in [9.17, 15) is 15.0 Å². The van der Waals surface area contributed by atoms with Crippen molar-refractivity contribution in [2.24, 2.45) is 0 Å². The summed E-state index contributed by atoms with van der Waals surface area (Å²) in [5.74, 6) is 0.0134. The fraction of sp³-hybridized carbons (Fsp3) is 0.0833. The Bertz CT molecular complexity index is 1280. The number of phenolic OH excluding ortho intramolecular Hbond substituents is 2. The Labute approximate surface area is 183 Å². The zero-order valence-corrected chi connectivity index (χ0v) is 17.0. The average molecular weight is 432 g/mol. The molecule has 7 heteroatoms. The van der Waals surface area contributed by atoms with Gasteiger partial charge in [-0.15, -0.1) is 0 Å². The van der Waals surface area contributed by atoms with Gasteiger partial charge in [-0.05, 0) is 41.5 Å². The number of carbonyl (C=O) groups is 1. The van der Waals surface area contributed by atoms with Crippen LogP contribution in [-0.2, 0) is 6.54 Å². The topological polar surface area (TPSA) is 89.5 Å². The number of nitrogens with zero attached hydrogens (tertiary/aromatic N) is 2. The molecular weight excluding hydrogens is 414 g/mol. The SMILES string of the molecule is O=C1c2[nH]nc(-c3ccccc3O)c2C(c2ccc(O)cc2)N1Cc1ccccc1Cl. The standard InChI is InChI=1S/C24H18ClN3O3/c25-18-7-3-1-5-15(18)13-28-23(14-9-11-16(29)12-10-14)20-21(26-27-22(20)24(28)31)17-6-2-4-8-19(17)30/h1-12,23,29-30H,13H2,(H,26,27). The summed E-state index contributed by atoms with van der Waals surface area (Å²) in [6.07, 6.45) is 0. The summed E-state index contributed by atoms with van der Waals surface area (Å²) in [5, 5.41) is 28.0. The molecule has 0 bridgehead atoms. The molecule has 3 N–H and O–H groups in total.